The second kappa shape index (κ2) is 10.6. The van der Waals surface area contributed by atoms with Gasteiger partial charge in [-0.3, -0.25) is 0 Å². The fourth-order valence-corrected chi connectivity index (χ4v) is 4.90. The normalized spacial score (nSPS) is 17.0. The number of nitrogens with zero attached hydrogens (tertiary/aromatic N) is 2. The quantitative estimate of drug-likeness (QED) is 0.541. The number of fused-ring (bicyclic) bond motifs is 2. The summed E-state index contributed by atoms with van der Waals surface area (Å²) in [7, 11) is 0. The van der Waals surface area contributed by atoms with E-state index in [1.165, 1.54) is 42.6 Å². The van der Waals surface area contributed by atoms with E-state index in [9.17, 15) is 14.0 Å². The minimum Gasteiger partial charge on any atom is -0.478 e. The molecule has 1 aliphatic heterocycles. The van der Waals surface area contributed by atoms with E-state index < -0.39 is 11.9 Å². The van der Waals surface area contributed by atoms with Gasteiger partial charge in [0.15, 0.2) is 5.58 Å². The molecule has 1 aliphatic carbocycles. The summed E-state index contributed by atoms with van der Waals surface area (Å²) in [5.41, 5.74) is 4.64. The van der Waals surface area contributed by atoms with Gasteiger partial charge in [-0.25, -0.2) is 14.0 Å². The van der Waals surface area contributed by atoms with Crippen molar-refractivity contribution in [2.45, 2.75) is 31.6 Å². The molecule has 3 aromatic rings. The van der Waals surface area contributed by atoms with Crippen LogP contribution < -0.4 is 0 Å². The fourth-order valence-electron chi connectivity index (χ4n) is 4.90. The Morgan fingerprint density at radius 3 is 2.24 bits per heavy atom. The second-order valence-corrected chi connectivity index (χ2v) is 8.84. The van der Waals surface area contributed by atoms with Crippen LogP contribution in [-0.2, 0) is 22.4 Å². The largest absolute Gasteiger partial charge is 0.478 e. The zero-order valence-corrected chi connectivity index (χ0v) is 18.7. The van der Waals surface area contributed by atoms with Crippen LogP contribution >= 0.6 is 0 Å². The van der Waals surface area contributed by atoms with Crippen LogP contribution in [0.3, 0.4) is 0 Å². The first-order valence-corrected chi connectivity index (χ1v) is 11.4. The van der Waals surface area contributed by atoms with Crippen molar-refractivity contribution < 1.29 is 28.7 Å². The van der Waals surface area contributed by atoms with Gasteiger partial charge in [0.05, 0.1) is 5.69 Å². The molecule has 0 amide bonds. The number of hydrogen-bond donors (Lipinski definition) is 2. The molecule has 2 aliphatic rings. The van der Waals surface area contributed by atoms with E-state index in [-0.39, 0.29) is 5.82 Å². The Kier molecular flexibility index (Phi) is 7.37. The minimum atomic E-state index is -1.26. The van der Waals surface area contributed by atoms with Crippen LogP contribution in [0.25, 0.3) is 11.0 Å². The van der Waals surface area contributed by atoms with E-state index in [1.54, 1.807) is 6.07 Å². The maximum atomic E-state index is 13.3. The summed E-state index contributed by atoms with van der Waals surface area (Å²) >= 11 is 0. The maximum Gasteiger partial charge on any atom is 0.328 e. The molecule has 34 heavy (non-hydrogen) atoms. The highest BCUT2D eigenvalue weighted by Gasteiger charge is 2.28. The van der Waals surface area contributed by atoms with Crippen molar-refractivity contribution in [2.24, 2.45) is 5.92 Å². The summed E-state index contributed by atoms with van der Waals surface area (Å²) < 4.78 is 18.7. The number of aliphatic carboxylic acids is 2. The predicted molar refractivity (Wildman–Crippen MR) is 124 cm³/mol. The number of carboxylic acids is 2. The molecule has 2 N–H and O–H groups in total. The summed E-state index contributed by atoms with van der Waals surface area (Å²) in [6, 6.07) is 13.6. The van der Waals surface area contributed by atoms with E-state index in [1.807, 2.05) is 0 Å². The van der Waals surface area contributed by atoms with Gasteiger partial charge in [-0.05, 0) is 68.0 Å². The van der Waals surface area contributed by atoms with E-state index in [4.69, 9.17) is 14.7 Å². The standard InChI is InChI=1S/C22H23FN2O.C4H4O4/c23-19-5-6-20-21(13-19)26-24-22(20)16-7-9-25(10-8-16)14-15-11-17-3-1-2-4-18(17)12-15;5-3(6)1-2-4(7)8/h1-6,13,15-16H,7-12,14H2;1-2H,(H,5,6)(H,7,8). The SMILES string of the molecule is Fc1ccc2c(C3CCN(CC4Cc5ccccc5C4)CC3)noc2c1.O=C(O)C=CC(=O)O. The van der Waals surface area contributed by atoms with Crippen molar-refractivity contribution in [1.29, 1.82) is 0 Å². The highest BCUT2D eigenvalue weighted by Crippen LogP contribution is 2.34. The lowest BCUT2D eigenvalue weighted by Crippen LogP contribution is -2.36. The second-order valence-electron chi connectivity index (χ2n) is 8.84. The first-order valence-electron chi connectivity index (χ1n) is 11.4. The van der Waals surface area contributed by atoms with Crippen molar-refractivity contribution >= 4 is 22.9 Å². The van der Waals surface area contributed by atoms with Crippen LogP contribution in [0.5, 0.6) is 0 Å². The van der Waals surface area contributed by atoms with E-state index in [2.05, 4.69) is 34.3 Å². The zero-order chi connectivity index (χ0) is 24.1. The van der Waals surface area contributed by atoms with Gasteiger partial charge in [0.1, 0.15) is 5.82 Å². The summed E-state index contributed by atoms with van der Waals surface area (Å²) in [4.78, 5) is 21.7. The first kappa shape index (κ1) is 23.6. The smallest absolute Gasteiger partial charge is 0.328 e. The Balaban J connectivity index is 0.000000297. The van der Waals surface area contributed by atoms with Crippen LogP contribution in [0.2, 0.25) is 0 Å². The van der Waals surface area contributed by atoms with Crippen molar-refractivity contribution in [3.05, 3.63) is 77.3 Å². The third-order valence-corrected chi connectivity index (χ3v) is 6.46. The first-order chi connectivity index (χ1) is 16.4. The summed E-state index contributed by atoms with van der Waals surface area (Å²) in [5.74, 6) is -1.62. The van der Waals surface area contributed by atoms with Gasteiger partial charge in [0.2, 0.25) is 0 Å². The zero-order valence-electron chi connectivity index (χ0n) is 18.7. The average molecular weight is 467 g/mol. The molecule has 0 unspecified atom stereocenters. The predicted octanol–water partition coefficient (Wildman–Crippen LogP) is 4.27. The van der Waals surface area contributed by atoms with Crippen LogP contribution in [0.4, 0.5) is 4.39 Å². The lowest BCUT2D eigenvalue weighted by Gasteiger charge is -2.32. The van der Waals surface area contributed by atoms with Gasteiger partial charge in [0, 0.05) is 36.1 Å². The Bertz CT molecular complexity index is 1160. The average Bonchev–Trinajstić information content (AvgIpc) is 3.42. The van der Waals surface area contributed by atoms with Gasteiger partial charge < -0.3 is 19.6 Å². The molecule has 0 atom stereocenters. The molecule has 7 nitrogen and oxygen atoms in total. The fraction of sp³-hybridized carbons (Fsp3) is 0.346. The highest BCUT2D eigenvalue weighted by atomic mass is 19.1. The topological polar surface area (TPSA) is 104 Å². The van der Waals surface area contributed by atoms with E-state index in [0.29, 0.717) is 23.7 Å². The third kappa shape index (κ3) is 5.88. The van der Waals surface area contributed by atoms with Crippen LogP contribution in [0, 0.1) is 11.7 Å². The molecule has 2 aromatic carbocycles. The Morgan fingerprint density at radius 2 is 1.65 bits per heavy atom. The maximum absolute atomic E-state index is 13.3. The number of carboxylic acid groups (broad SMARTS) is 2. The van der Waals surface area contributed by atoms with Gasteiger partial charge in [0.25, 0.3) is 0 Å². The number of likely N-dealkylation sites (tertiary alicyclic amines) is 1. The Morgan fingerprint density at radius 1 is 1.03 bits per heavy atom. The molecule has 5 rings (SSSR count). The summed E-state index contributed by atoms with van der Waals surface area (Å²) in [6.45, 7) is 3.40. The molecule has 1 aromatic heterocycles. The molecule has 8 heteroatoms. The number of rotatable bonds is 5. The van der Waals surface area contributed by atoms with Crippen LogP contribution in [-0.4, -0.2) is 51.8 Å². The molecule has 1 fully saturated rings. The molecule has 0 radical (unpaired) electrons. The molecule has 1 saturated heterocycles. The summed E-state index contributed by atoms with van der Waals surface area (Å²) in [6.07, 6.45) is 5.74. The molecular weight excluding hydrogens is 439 g/mol. The van der Waals surface area contributed by atoms with Crippen molar-refractivity contribution in [3.63, 3.8) is 0 Å². The van der Waals surface area contributed by atoms with Crippen LogP contribution in [0.1, 0.15) is 35.6 Å². The summed E-state index contributed by atoms with van der Waals surface area (Å²) in [5, 5.41) is 20.8. The number of hydrogen-bond acceptors (Lipinski definition) is 5. The van der Waals surface area contributed by atoms with Gasteiger partial charge >= 0.3 is 11.9 Å². The molecule has 0 saturated carbocycles. The van der Waals surface area contributed by atoms with E-state index in [0.717, 1.165) is 42.9 Å². The number of piperidine rings is 1. The Labute approximate surface area is 196 Å². The number of benzene rings is 2. The van der Waals surface area contributed by atoms with Crippen molar-refractivity contribution in [1.82, 2.24) is 10.1 Å². The lowest BCUT2D eigenvalue weighted by atomic mass is 9.91. The number of halogens is 1. The van der Waals surface area contributed by atoms with Gasteiger partial charge in [-0.2, -0.15) is 0 Å². The Hall–Kier alpha value is -3.52. The van der Waals surface area contributed by atoms with E-state index >= 15 is 0 Å². The molecule has 0 bridgehead atoms. The monoisotopic (exact) mass is 466 g/mol. The molecule has 2 heterocycles. The van der Waals surface area contributed by atoms with Crippen molar-refractivity contribution in [2.75, 3.05) is 19.6 Å². The van der Waals surface area contributed by atoms with Crippen LogP contribution in [0.15, 0.2) is 59.1 Å². The highest BCUT2D eigenvalue weighted by molar-refractivity contribution is 5.89. The molecule has 0 spiro atoms. The third-order valence-electron chi connectivity index (χ3n) is 6.46. The molecule has 178 valence electrons. The van der Waals surface area contributed by atoms with Crippen molar-refractivity contribution in [3.8, 4) is 0 Å². The lowest BCUT2D eigenvalue weighted by molar-refractivity contribution is -0.134. The minimum absolute atomic E-state index is 0.271. The van der Waals surface area contributed by atoms with Gasteiger partial charge in [-0.15, -0.1) is 0 Å². The number of aromatic nitrogens is 1. The number of carbonyl (C=O) groups is 2. The molecular formula is C26H27FN2O5. The van der Waals surface area contributed by atoms with Gasteiger partial charge in [-0.1, -0.05) is 29.4 Å².